The Bertz CT molecular complexity index is 5220. The summed E-state index contributed by atoms with van der Waals surface area (Å²) in [6, 6.07) is 6.54. The monoisotopic (exact) mass is 1660 g/mol. The third kappa shape index (κ3) is 19.7. The number of nitrogens with zero attached hydrogens (tertiary/aromatic N) is 20. The van der Waals surface area contributed by atoms with Crippen molar-refractivity contribution in [1.29, 1.82) is 0 Å². The SMILES string of the molecule is CNc1nc(C(F)(F)F)nc2c1ncn2C1CCCC1.CNc1nc(C(F)(F)F)nc2c1ncn2C1CCCCCC1.COc1ccc(Cn2cnc3c(NC4CC4)nc(C(F)(F)F)nc32)cc1OC.FC(F)(F)c1nc(NC2CC2)c2ncn(C3CCCCC3)c2n1.FC(F)(F)c1nc(NC2CC2)c2ncn(C3CCCCCC3)c2n1. The highest BCUT2D eigenvalue weighted by Crippen LogP contribution is 2.42. The van der Waals surface area contributed by atoms with E-state index < -0.39 is 60.0 Å². The van der Waals surface area contributed by atoms with Crippen LogP contribution in [0.4, 0.5) is 94.9 Å². The van der Waals surface area contributed by atoms with E-state index >= 15 is 0 Å². The molecule has 7 saturated carbocycles. The second-order valence-corrected chi connectivity index (χ2v) is 30.3. The van der Waals surface area contributed by atoms with Crippen LogP contribution in [0.15, 0.2) is 49.8 Å². The van der Waals surface area contributed by atoms with Crippen LogP contribution in [0.25, 0.3) is 55.8 Å². The molecule has 7 aliphatic carbocycles. The zero-order chi connectivity index (χ0) is 82.7. The molecule has 0 amide bonds. The average Bonchev–Trinajstić information content (AvgIpc) is 1.66. The van der Waals surface area contributed by atoms with Crippen LogP contribution in [0.3, 0.4) is 0 Å². The van der Waals surface area contributed by atoms with E-state index in [1.54, 1.807) is 51.1 Å². The number of halogens is 15. The minimum Gasteiger partial charge on any atom is -0.493 e. The normalized spacial score (nSPS) is 17.8. The molecule has 18 rings (SSSR count). The average molecular weight is 1660 g/mol. The van der Waals surface area contributed by atoms with Crippen LogP contribution in [0.1, 0.15) is 232 Å². The summed E-state index contributed by atoms with van der Waals surface area (Å²) >= 11 is 0. The van der Waals surface area contributed by atoms with Gasteiger partial charge in [0.1, 0.15) is 27.6 Å². The summed E-state index contributed by atoms with van der Waals surface area (Å²) in [4.78, 5) is 58.2. The highest BCUT2D eigenvalue weighted by Gasteiger charge is 2.43. The minimum atomic E-state index is -4.65. The first-order valence-electron chi connectivity index (χ1n) is 39.4. The van der Waals surface area contributed by atoms with Crippen molar-refractivity contribution in [2.24, 2.45) is 0 Å². The van der Waals surface area contributed by atoms with E-state index in [1.165, 1.54) is 66.7 Å². The Labute approximate surface area is 659 Å². The van der Waals surface area contributed by atoms with Crippen LogP contribution in [0, 0.1) is 0 Å². The molecule has 0 aliphatic heterocycles. The molecule has 630 valence electrons. The number of methoxy groups -OCH3 is 2. The van der Waals surface area contributed by atoms with Crippen LogP contribution in [0.2, 0.25) is 0 Å². The van der Waals surface area contributed by atoms with Gasteiger partial charge in [0, 0.05) is 56.4 Å². The van der Waals surface area contributed by atoms with Crippen molar-refractivity contribution in [2.75, 3.05) is 54.9 Å². The van der Waals surface area contributed by atoms with Crippen molar-refractivity contribution in [3.63, 3.8) is 0 Å². The number of rotatable bonds is 16. The summed E-state index contributed by atoms with van der Waals surface area (Å²) in [7, 11) is 6.11. The van der Waals surface area contributed by atoms with Crippen molar-refractivity contribution in [2.45, 2.75) is 253 Å². The summed E-state index contributed by atoms with van der Waals surface area (Å²) in [5.74, 6) is -3.76. The molecule has 1 aromatic carbocycles. The molecule has 5 N–H and O–H groups in total. The summed E-state index contributed by atoms with van der Waals surface area (Å²) in [6.07, 6.45) is 12.8. The van der Waals surface area contributed by atoms with Crippen LogP contribution < -0.4 is 36.1 Å². The molecule has 42 heteroatoms. The van der Waals surface area contributed by atoms with E-state index in [2.05, 4.69) is 101 Å². The predicted molar refractivity (Wildman–Crippen MR) is 402 cm³/mol. The van der Waals surface area contributed by atoms with Crippen molar-refractivity contribution in [3.8, 4) is 11.5 Å². The van der Waals surface area contributed by atoms with Gasteiger partial charge >= 0.3 is 30.9 Å². The number of nitrogens with one attached hydrogen (secondary N) is 5. The maximum Gasteiger partial charge on any atom is 0.451 e. The highest BCUT2D eigenvalue weighted by molar-refractivity contribution is 5.86. The molecular formula is C75H88F15N25O2. The molecule has 0 saturated heterocycles. The van der Waals surface area contributed by atoms with Gasteiger partial charge in [-0.1, -0.05) is 89.5 Å². The zero-order valence-corrected chi connectivity index (χ0v) is 64.4. The first kappa shape index (κ1) is 83.0. The Balaban J connectivity index is 0.000000121. The van der Waals surface area contributed by atoms with E-state index in [9.17, 15) is 65.9 Å². The van der Waals surface area contributed by atoms with Gasteiger partial charge < -0.3 is 58.9 Å². The lowest BCUT2D eigenvalue weighted by molar-refractivity contribution is -0.145. The molecule has 0 atom stereocenters. The zero-order valence-electron chi connectivity index (χ0n) is 64.4. The van der Waals surface area contributed by atoms with E-state index in [0.717, 1.165) is 147 Å². The topological polar surface area (TPSA) is 297 Å². The Morgan fingerprint density at radius 3 is 0.855 bits per heavy atom. The third-order valence-corrected chi connectivity index (χ3v) is 21.6. The van der Waals surface area contributed by atoms with Gasteiger partial charge in [-0.15, -0.1) is 0 Å². The van der Waals surface area contributed by atoms with Crippen LogP contribution >= 0.6 is 0 Å². The predicted octanol–water partition coefficient (Wildman–Crippen LogP) is 18.5. The number of imidazole rings is 5. The molecule has 10 aromatic heterocycles. The molecule has 0 bridgehead atoms. The number of ether oxygens (including phenoxy) is 2. The number of anilines is 5. The molecule has 0 spiro atoms. The summed E-state index contributed by atoms with van der Waals surface area (Å²) in [5.41, 5.74) is 4.01. The van der Waals surface area contributed by atoms with Gasteiger partial charge in [0.15, 0.2) is 68.8 Å². The van der Waals surface area contributed by atoms with Gasteiger partial charge in [-0.25, -0.2) is 74.8 Å². The Hall–Kier alpha value is -10.5. The molecule has 0 radical (unpaired) electrons. The molecule has 7 aliphatic rings. The van der Waals surface area contributed by atoms with Crippen molar-refractivity contribution < 1.29 is 75.3 Å². The molecule has 27 nitrogen and oxygen atoms in total. The number of aromatic nitrogens is 20. The number of hydrogen-bond donors (Lipinski definition) is 5. The molecule has 11 aromatic rings. The lowest BCUT2D eigenvalue weighted by atomic mass is 9.95. The van der Waals surface area contributed by atoms with Crippen LogP contribution in [0.5, 0.6) is 11.5 Å². The maximum atomic E-state index is 13.3. The minimum absolute atomic E-state index is 0.110. The van der Waals surface area contributed by atoms with Gasteiger partial charge in [0.25, 0.3) is 0 Å². The number of fused-ring (bicyclic) bond motifs is 5. The lowest BCUT2D eigenvalue weighted by Gasteiger charge is -2.23. The molecule has 117 heavy (non-hydrogen) atoms. The largest absolute Gasteiger partial charge is 0.493 e. The second-order valence-electron chi connectivity index (χ2n) is 30.3. The number of alkyl halides is 15. The summed E-state index contributed by atoms with van der Waals surface area (Å²) < 4.78 is 216. The van der Waals surface area contributed by atoms with E-state index in [0.29, 0.717) is 50.4 Å². The Morgan fingerprint density at radius 1 is 0.316 bits per heavy atom. The van der Waals surface area contributed by atoms with Crippen LogP contribution in [-0.2, 0) is 37.4 Å². The third-order valence-electron chi connectivity index (χ3n) is 21.6. The molecule has 7 fully saturated rings. The Kier molecular flexibility index (Phi) is 24.6. The van der Waals surface area contributed by atoms with Gasteiger partial charge in [0.2, 0.25) is 29.1 Å². The summed E-state index contributed by atoms with van der Waals surface area (Å²) in [6.45, 7) is 0.272. The lowest BCUT2D eigenvalue weighted by Crippen LogP contribution is -2.17. The van der Waals surface area contributed by atoms with Crippen molar-refractivity contribution in [1.82, 2.24) is 97.6 Å². The quantitative estimate of drug-likeness (QED) is 0.0443. The highest BCUT2D eigenvalue weighted by atomic mass is 19.4. The van der Waals surface area contributed by atoms with Crippen molar-refractivity contribution in [3.05, 3.63) is 84.5 Å². The van der Waals surface area contributed by atoms with E-state index in [-0.39, 0.29) is 94.9 Å². The smallest absolute Gasteiger partial charge is 0.451 e. The molecule has 0 unspecified atom stereocenters. The fraction of sp³-hybridized carbons (Fsp3) is 0.587. The summed E-state index contributed by atoms with van der Waals surface area (Å²) in [5, 5.41) is 14.5. The van der Waals surface area contributed by atoms with E-state index in [4.69, 9.17) is 9.47 Å². The molecular weight excluding hydrogens is 1570 g/mol. The number of benzene rings is 1. The second kappa shape index (κ2) is 34.6. The van der Waals surface area contributed by atoms with Gasteiger partial charge in [-0.2, -0.15) is 65.9 Å². The van der Waals surface area contributed by atoms with E-state index in [1.807, 2.05) is 15.2 Å². The van der Waals surface area contributed by atoms with Gasteiger partial charge in [-0.05, 0) is 108 Å². The Morgan fingerprint density at radius 2 is 0.573 bits per heavy atom. The van der Waals surface area contributed by atoms with Gasteiger partial charge in [-0.3, -0.25) is 0 Å². The first-order chi connectivity index (χ1) is 55.9. The fourth-order valence-corrected chi connectivity index (χ4v) is 15.1. The number of hydrogen-bond acceptors (Lipinski definition) is 22. The standard InChI is InChI=1S/C18H18F3N5O2.C16H20F3N5.C15H18F3N5.C14H18F3N5.C12H14F3N5/c1-27-12-6-3-10(7-13(12)28-2)8-26-9-22-14-15(23-11-4-5-11)24-17(18(19,20)21)25-16(14)26;17-16(18,19)15-22-13(21-10-7-8-10)12-14(23-15)24(9-20-12)11-5-3-1-2-4-6-11;16-15(17,18)14-21-12(20-9-6-7-9)11-13(22-14)23(8-19-11)10-4-2-1-3-5-10;1-18-11-10-12(21-13(20-11)14(15,16)17)22(8-19-10)9-6-4-2-3-5-7-9;1-16-9-8-10(19-11(18-9)12(13,14)15)20(6-17-8)7-4-2-3-5-7/h3,6-7,9,11H,4-5,8H2,1-2H3,(H,23,24,25);9-11H,1-8H2,(H,21,22,23);8-10H,1-7H2,(H,20,21,22);8-9H,2-7H2,1H3,(H,18,20,21);6-7H,2-5H2,1H3,(H,16,18,19). The van der Waals surface area contributed by atoms with Gasteiger partial charge in [0.05, 0.1) is 52.4 Å². The molecule has 10 heterocycles. The fourth-order valence-electron chi connectivity index (χ4n) is 15.1. The maximum absolute atomic E-state index is 13.3. The first-order valence-corrected chi connectivity index (χ1v) is 39.4. The van der Waals surface area contributed by atoms with Crippen LogP contribution in [-0.4, -0.2) is 144 Å². The van der Waals surface area contributed by atoms with Crippen molar-refractivity contribution >= 4 is 84.9 Å².